The number of ether oxygens (including phenoxy) is 3. The molecule has 0 aromatic heterocycles. The van der Waals surface area contributed by atoms with Crippen molar-refractivity contribution in [3.8, 4) is 17.2 Å². The highest BCUT2D eigenvalue weighted by Crippen LogP contribution is 2.30. The quantitative estimate of drug-likeness (QED) is 0.526. The van der Waals surface area contributed by atoms with E-state index >= 15 is 0 Å². The van der Waals surface area contributed by atoms with Gasteiger partial charge in [0.05, 0.1) is 13.7 Å². The van der Waals surface area contributed by atoms with Crippen LogP contribution in [0.25, 0.3) is 0 Å². The number of methoxy groups -OCH3 is 1. The molecule has 2 aliphatic rings. The molecule has 4 rings (SSSR count). The molecule has 0 bridgehead atoms. The molecule has 2 heterocycles. The topological polar surface area (TPSA) is 67.4 Å². The maximum absolute atomic E-state index is 6.03. The van der Waals surface area contributed by atoms with E-state index in [2.05, 4.69) is 34.6 Å². The lowest BCUT2D eigenvalue weighted by Crippen LogP contribution is -2.45. The summed E-state index contributed by atoms with van der Waals surface area (Å²) in [5.41, 5.74) is 1.21. The number of aliphatic imine (C=N–C) groups is 1. The first kappa shape index (κ1) is 21.2. The van der Waals surface area contributed by atoms with Crippen molar-refractivity contribution in [1.82, 2.24) is 10.6 Å². The van der Waals surface area contributed by atoms with Gasteiger partial charge < -0.3 is 29.7 Å². The van der Waals surface area contributed by atoms with E-state index in [0.717, 1.165) is 55.8 Å². The molecule has 0 amide bonds. The van der Waals surface area contributed by atoms with Crippen LogP contribution in [0.4, 0.5) is 5.69 Å². The van der Waals surface area contributed by atoms with Gasteiger partial charge in [0.1, 0.15) is 18.5 Å². The molecule has 2 aliphatic heterocycles. The summed E-state index contributed by atoms with van der Waals surface area (Å²) >= 11 is 0. The highest BCUT2D eigenvalue weighted by Gasteiger charge is 2.23. The average Bonchev–Trinajstić information content (AvgIpc) is 3.30. The molecule has 0 spiro atoms. The number of rotatable bonds is 7. The van der Waals surface area contributed by atoms with Gasteiger partial charge in [-0.25, -0.2) is 0 Å². The largest absolute Gasteiger partial charge is 0.497 e. The van der Waals surface area contributed by atoms with Gasteiger partial charge >= 0.3 is 0 Å². The molecular weight excluding hydrogens is 392 g/mol. The first-order chi connectivity index (χ1) is 15.2. The predicted octanol–water partition coefficient (Wildman–Crippen LogP) is 2.92. The van der Waals surface area contributed by atoms with Gasteiger partial charge in [-0.2, -0.15) is 0 Å². The standard InChI is InChI=1S/C24H32N4O3/c1-3-25-24(27-15-21-17-30-22-9-4-5-10-23(22)31-21)26-14-18-11-12-28(16-18)19-7-6-8-20(13-19)29-2/h4-10,13,18,21H,3,11-12,14-17H2,1-2H3,(H2,25,26,27). The van der Waals surface area contributed by atoms with Crippen molar-refractivity contribution in [2.75, 3.05) is 51.3 Å². The van der Waals surface area contributed by atoms with Crippen LogP contribution in [0.3, 0.4) is 0 Å². The Morgan fingerprint density at radius 1 is 1.16 bits per heavy atom. The minimum atomic E-state index is -0.0474. The van der Waals surface area contributed by atoms with E-state index in [1.807, 2.05) is 36.4 Å². The fraction of sp³-hybridized carbons (Fsp3) is 0.458. The Kier molecular flexibility index (Phi) is 7.02. The van der Waals surface area contributed by atoms with Crippen molar-refractivity contribution in [2.24, 2.45) is 10.9 Å². The van der Waals surface area contributed by atoms with Crippen molar-refractivity contribution in [3.63, 3.8) is 0 Å². The summed E-state index contributed by atoms with van der Waals surface area (Å²) in [5.74, 6) is 3.86. The highest BCUT2D eigenvalue weighted by molar-refractivity contribution is 5.79. The Labute approximate surface area is 184 Å². The van der Waals surface area contributed by atoms with E-state index in [1.54, 1.807) is 7.11 Å². The van der Waals surface area contributed by atoms with Crippen LogP contribution in [-0.2, 0) is 0 Å². The molecular formula is C24H32N4O3. The van der Waals surface area contributed by atoms with Gasteiger partial charge in [0.15, 0.2) is 17.5 Å². The van der Waals surface area contributed by atoms with Crippen molar-refractivity contribution >= 4 is 11.6 Å². The van der Waals surface area contributed by atoms with E-state index < -0.39 is 0 Å². The summed E-state index contributed by atoms with van der Waals surface area (Å²) in [7, 11) is 1.71. The van der Waals surface area contributed by atoms with E-state index in [9.17, 15) is 0 Å². The third-order valence-electron chi connectivity index (χ3n) is 5.62. The van der Waals surface area contributed by atoms with E-state index in [1.165, 1.54) is 5.69 Å². The number of benzene rings is 2. The third kappa shape index (κ3) is 5.54. The molecule has 1 saturated heterocycles. The number of nitrogens with zero attached hydrogens (tertiary/aromatic N) is 2. The van der Waals surface area contributed by atoms with Crippen molar-refractivity contribution in [2.45, 2.75) is 19.4 Å². The summed E-state index contributed by atoms with van der Waals surface area (Å²) in [6, 6.07) is 16.1. The molecule has 0 aliphatic carbocycles. The first-order valence-corrected chi connectivity index (χ1v) is 11.0. The minimum absolute atomic E-state index is 0.0474. The molecule has 31 heavy (non-hydrogen) atoms. The predicted molar refractivity (Wildman–Crippen MR) is 124 cm³/mol. The van der Waals surface area contributed by atoms with Crippen LogP contribution >= 0.6 is 0 Å². The fourth-order valence-corrected chi connectivity index (χ4v) is 3.96. The Hall–Kier alpha value is -3.09. The number of anilines is 1. The van der Waals surface area contributed by atoms with Crippen LogP contribution in [0.5, 0.6) is 17.2 Å². The Bertz CT molecular complexity index is 889. The second-order valence-electron chi connectivity index (χ2n) is 7.90. The number of para-hydroxylation sites is 2. The van der Waals surface area contributed by atoms with Crippen LogP contribution in [0.2, 0.25) is 0 Å². The minimum Gasteiger partial charge on any atom is -0.497 e. The van der Waals surface area contributed by atoms with Crippen LogP contribution in [0.15, 0.2) is 53.5 Å². The molecule has 0 radical (unpaired) electrons. The number of nitrogens with one attached hydrogen (secondary N) is 2. The molecule has 7 heteroatoms. The summed E-state index contributed by atoms with van der Waals surface area (Å²) < 4.78 is 17.2. The number of fused-ring (bicyclic) bond motifs is 1. The maximum Gasteiger partial charge on any atom is 0.191 e. The summed E-state index contributed by atoms with van der Waals surface area (Å²) in [5, 5.41) is 6.74. The monoisotopic (exact) mass is 424 g/mol. The van der Waals surface area contributed by atoms with Crippen LogP contribution < -0.4 is 29.7 Å². The fourth-order valence-electron chi connectivity index (χ4n) is 3.96. The van der Waals surface area contributed by atoms with Crippen molar-refractivity contribution < 1.29 is 14.2 Å². The molecule has 7 nitrogen and oxygen atoms in total. The molecule has 0 saturated carbocycles. The lowest BCUT2D eigenvalue weighted by atomic mass is 10.1. The number of guanidine groups is 1. The van der Waals surface area contributed by atoms with Gasteiger partial charge in [0.2, 0.25) is 0 Å². The summed E-state index contributed by atoms with van der Waals surface area (Å²) in [6.45, 7) is 6.91. The Balaban J connectivity index is 1.28. The zero-order chi connectivity index (χ0) is 21.5. The third-order valence-corrected chi connectivity index (χ3v) is 5.62. The van der Waals surface area contributed by atoms with E-state index in [-0.39, 0.29) is 6.10 Å². The van der Waals surface area contributed by atoms with Crippen LogP contribution in [-0.4, -0.2) is 58.5 Å². The van der Waals surface area contributed by atoms with Crippen molar-refractivity contribution in [1.29, 1.82) is 0 Å². The van der Waals surface area contributed by atoms with Gasteiger partial charge in [-0.05, 0) is 43.5 Å². The second-order valence-corrected chi connectivity index (χ2v) is 7.90. The van der Waals surface area contributed by atoms with Gasteiger partial charge in [-0.15, -0.1) is 0 Å². The summed E-state index contributed by atoms with van der Waals surface area (Å²) in [6.07, 6.45) is 1.09. The Morgan fingerprint density at radius 3 is 2.87 bits per heavy atom. The molecule has 166 valence electrons. The van der Waals surface area contributed by atoms with Crippen molar-refractivity contribution in [3.05, 3.63) is 48.5 Å². The van der Waals surface area contributed by atoms with Gasteiger partial charge in [0.25, 0.3) is 0 Å². The Morgan fingerprint density at radius 2 is 2.03 bits per heavy atom. The zero-order valence-corrected chi connectivity index (χ0v) is 18.3. The second kappa shape index (κ2) is 10.3. The molecule has 2 aromatic rings. The molecule has 2 N–H and O–H groups in total. The lowest BCUT2D eigenvalue weighted by molar-refractivity contribution is 0.0936. The SMILES string of the molecule is CCNC(=NCC1CCN(c2cccc(OC)c2)C1)NCC1COc2ccccc2O1. The number of hydrogen-bond donors (Lipinski definition) is 2. The molecule has 2 aromatic carbocycles. The van der Waals surface area contributed by atoms with Gasteiger partial charge in [0, 0.05) is 37.9 Å². The number of hydrogen-bond acceptors (Lipinski definition) is 5. The van der Waals surface area contributed by atoms with E-state index in [4.69, 9.17) is 19.2 Å². The molecule has 1 fully saturated rings. The normalized spacial score (nSPS) is 20.5. The zero-order valence-electron chi connectivity index (χ0n) is 18.3. The van der Waals surface area contributed by atoms with Gasteiger partial charge in [-0.3, -0.25) is 4.99 Å². The highest BCUT2D eigenvalue weighted by atomic mass is 16.6. The van der Waals surface area contributed by atoms with Crippen LogP contribution in [0, 0.1) is 5.92 Å². The van der Waals surface area contributed by atoms with E-state index in [0.29, 0.717) is 19.1 Å². The maximum atomic E-state index is 6.03. The molecule has 2 atom stereocenters. The van der Waals surface area contributed by atoms with Gasteiger partial charge in [-0.1, -0.05) is 18.2 Å². The molecule has 2 unspecified atom stereocenters. The van der Waals surface area contributed by atoms with Crippen LogP contribution in [0.1, 0.15) is 13.3 Å². The smallest absolute Gasteiger partial charge is 0.191 e. The average molecular weight is 425 g/mol. The first-order valence-electron chi connectivity index (χ1n) is 11.0. The lowest BCUT2D eigenvalue weighted by Gasteiger charge is -2.27. The summed E-state index contributed by atoms with van der Waals surface area (Å²) in [4.78, 5) is 7.24.